The van der Waals surface area contributed by atoms with Gasteiger partial charge in [0.15, 0.2) is 0 Å². The summed E-state index contributed by atoms with van der Waals surface area (Å²) >= 11 is 0. The van der Waals surface area contributed by atoms with Crippen molar-refractivity contribution in [1.82, 2.24) is 0 Å². The predicted octanol–water partition coefficient (Wildman–Crippen LogP) is 1.93. The fourth-order valence-corrected chi connectivity index (χ4v) is 3.18. The molecule has 0 aromatic heterocycles. The van der Waals surface area contributed by atoms with Crippen LogP contribution in [0, 0.1) is 11.8 Å². The number of ether oxygens (including phenoxy) is 4. The molecule has 1 aliphatic carbocycles. The minimum absolute atomic E-state index is 0.00829. The lowest BCUT2D eigenvalue weighted by atomic mass is 9.80. The predicted molar refractivity (Wildman–Crippen MR) is 92.3 cm³/mol. The first-order valence-corrected chi connectivity index (χ1v) is 9.49. The highest BCUT2D eigenvalue weighted by atomic mass is 16.6. The van der Waals surface area contributed by atoms with Crippen molar-refractivity contribution >= 4 is 23.9 Å². The number of fused-ring (bicyclic) bond motifs is 2. The molecule has 2 fully saturated rings. The highest BCUT2D eigenvalue weighted by Crippen LogP contribution is 2.42. The molecule has 27 heavy (non-hydrogen) atoms. The van der Waals surface area contributed by atoms with Gasteiger partial charge < -0.3 is 18.9 Å². The zero-order valence-corrected chi connectivity index (χ0v) is 16.2. The first-order chi connectivity index (χ1) is 12.7. The van der Waals surface area contributed by atoms with Crippen molar-refractivity contribution in [3.05, 3.63) is 0 Å². The molecule has 1 saturated carbocycles. The molecule has 0 spiro atoms. The topological polar surface area (TPSA) is 105 Å². The van der Waals surface area contributed by atoms with Gasteiger partial charge in [-0.3, -0.25) is 19.2 Å². The largest absolute Gasteiger partial charge is 0.462 e. The van der Waals surface area contributed by atoms with Gasteiger partial charge >= 0.3 is 23.9 Å². The molecule has 0 N–H and O–H groups in total. The first kappa shape index (κ1) is 21.2. The maximum atomic E-state index is 12.1. The maximum Gasteiger partial charge on any atom is 0.309 e. The summed E-state index contributed by atoms with van der Waals surface area (Å²) in [6.07, 6.45) is 1.79. The fraction of sp³-hybridized carbons (Fsp3) is 0.789. The number of carbonyl (C=O) groups is 4. The summed E-state index contributed by atoms with van der Waals surface area (Å²) in [4.78, 5) is 46.8. The third-order valence-electron chi connectivity index (χ3n) is 5.25. The van der Waals surface area contributed by atoms with E-state index < -0.39 is 23.6 Å². The normalized spacial score (nSPS) is 27.4. The zero-order valence-electron chi connectivity index (χ0n) is 16.2. The molecular formula is C19H28O8. The van der Waals surface area contributed by atoms with Gasteiger partial charge in [-0.1, -0.05) is 13.8 Å². The second-order valence-electron chi connectivity index (χ2n) is 7.38. The van der Waals surface area contributed by atoms with Crippen LogP contribution in [0.3, 0.4) is 0 Å². The number of hydrogen-bond acceptors (Lipinski definition) is 8. The molecule has 2 rings (SSSR count). The molecule has 4 atom stereocenters. The van der Waals surface area contributed by atoms with Gasteiger partial charge in [0.25, 0.3) is 0 Å². The molecule has 1 aliphatic heterocycles. The lowest BCUT2D eigenvalue weighted by Gasteiger charge is -2.36. The van der Waals surface area contributed by atoms with E-state index in [1.165, 1.54) is 0 Å². The molecule has 8 nitrogen and oxygen atoms in total. The van der Waals surface area contributed by atoms with Crippen molar-refractivity contribution in [3.8, 4) is 0 Å². The first-order valence-electron chi connectivity index (χ1n) is 9.49. The van der Waals surface area contributed by atoms with Crippen LogP contribution >= 0.6 is 0 Å². The standard InChI is InChI=1S/C19H28O8/c1-4-12(2)17(22)25-10-9-24-15(20)5-6-16(21)27-19(3)8-7-13-11-14(19)26-18(13)23/h12-14H,4-11H2,1-3H3. The Kier molecular flexibility index (Phi) is 7.21. The van der Waals surface area contributed by atoms with Crippen LogP contribution in [0.5, 0.6) is 0 Å². The Hall–Kier alpha value is -2.12. The Morgan fingerprint density at radius 3 is 2.56 bits per heavy atom. The van der Waals surface area contributed by atoms with Gasteiger partial charge in [-0.2, -0.15) is 0 Å². The number of rotatable bonds is 9. The second-order valence-corrected chi connectivity index (χ2v) is 7.38. The fourth-order valence-electron chi connectivity index (χ4n) is 3.18. The molecule has 8 heteroatoms. The summed E-state index contributed by atoms with van der Waals surface area (Å²) in [5, 5.41) is 0. The molecule has 152 valence electrons. The summed E-state index contributed by atoms with van der Waals surface area (Å²) < 4.78 is 20.7. The van der Waals surface area contributed by atoms with Crippen LogP contribution < -0.4 is 0 Å². The van der Waals surface area contributed by atoms with Crippen molar-refractivity contribution in [3.63, 3.8) is 0 Å². The van der Waals surface area contributed by atoms with Crippen LogP contribution in [-0.2, 0) is 38.1 Å². The molecule has 2 aliphatic rings. The molecule has 2 bridgehead atoms. The van der Waals surface area contributed by atoms with E-state index in [9.17, 15) is 19.2 Å². The molecular weight excluding hydrogens is 356 g/mol. The summed E-state index contributed by atoms with van der Waals surface area (Å²) in [5.74, 6) is -1.92. The number of esters is 4. The zero-order chi connectivity index (χ0) is 20.0. The van der Waals surface area contributed by atoms with Crippen molar-refractivity contribution in [2.24, 2.45) is 11.8 Å². The lowest BCUT2D eigenvalue weighted by Crippen LogP contribution is -2.45. The highest BCUT2D eigenvalue weighted by molar-refractivity contribution is 5.78. The van der Waals surface area contributed by atoms with Crippen LogP contribution in [0.4, 0.5) is 0 Å². The average Bonchev–Trinajstić information content (AvgIpc) is 2.97. The lowest BCUT2D eigenvalue weighted by molar-refractivity contribution is -0.178. The van der Waals surface area contributed by atoms with Gasteiger partial charge in [0.2, 0.25) is 0 Å². The third kappa shape index (κ3) is 5.68. The smallest absolute Gasteiger partial charge is 0.309 e. The average molecular weight is 384 g/mol. The van der Waals surface area contributed by atoms with Crippen molar-refractivity contribution in [2.45, 2.75) is 71.0 Å². The second kappa shape index (κ2) is 9.19. The van der Waals surface area contributed by atoms with Crippen LogP contribution in [0.15, 0.2) is 0 Å². The maximum absolute atomic E-state index is 12.1. The molecule has 0 aromatic carbocycles. The van der Waals surface area contributed by atoms with Crippen LogP contribution in [0.25, 0.3) is 0 Å². The summed E-state index contributed by atoms with van der Waals surface area (Å²) in [6, 6.07) is 0. The van der Waals surface area contributed by atoms with E-state index in [2.05, 4.69) is 0 Å². The van der Waals surface area contributed by atoms with Crippen LogP contribution in [-0.4, -0.2) is 48.8 Å². The Balaban J connectivity index is 1.63. The number of hydrogen-bond donors (Lipinski definition) is 0. The molecule has 0 amide bonds. The summed E-state index contributed by atoms with van der Waals surface area (Å²) in [5.41, 5.74) is -0.839. The van der Waals surface area contributed by atoms with E-state index in [4.69, 9.17) is 18.9 Å². The molecule has 4 unspecified atom stereocenters. The van der Waals surface area contributed by atoms with Crippen molar-refractivity contribution in [2.75, 3.05) is 13.2 Å². The molecule has 0 radical (unpaired) electrons. The number of carbonyl (C=O) groups excluding carboxylic acids is 4. The minimum atomic E-state index is -0.839. The highest BCUT2D eigenvalue weighted by Gasteiger charge is 2.52. The van der Waals surface area contributed by atoms with E-state index in [0.29, 0.717) is 25.7 Å². The van der Waals surface area contributed by atoms with E-state index in [-0.39, 0.29) is 49.8 Å². The SMILES string of the molecule is CCC(C)C(=O)OCCOC(=O)CCC(=O)OC1(C)CCC2CC1OC2=O. The van der Waals surface area contributed by atoms with Gasteiger partial charge in [-0.05, 0) is 26.2 Å². The monoisotopic (exact) mass is 384 g/mol. The van der Waals surface area contributed by atoms with E-state index in [1.54, 1.807) is 13.8 Å². The molecule has 1 heterocycles. The molecule has 1 saturated heterocycles. The van der Waals surface area contributed by atoms with Gasteiger partial charge in [0, 0.05) is 6.42 Å². The molecule has 0 aromatic rings. The Bertz CT molecular complexity index is 586. The van der Waals surface area contributed by atoms with E-state index in [1.807, 2.05) is 6.92 Å². The Morgan fingerprint density at radius 2 is 1.85 bits per heavy atom. The van der Waals surface area contributed by atoms with E-state index in [0.717, 1.165) is 0 Å². The van der Waals surface area contributed by atoms with Gasteiger partial charge in [0.05, 0.1) is 24.7 Å². The summed E-state index contributed by atoms with van der Waals surface area (Å²) in [7, 11) is 0. The third-order valence-corrected chi connectivity index (χ3v) is 5.25. The van der Waals surface area contributed by atoms with Crippen LogP contribution in [0.1, 0.15) is 59.3 Å². The van der Waals surface area contributed by atoms with Crippen molar-refractivity contribution in [1.29, 1.82) is 0 Å². The van der Waals surface area contributed by atoms with Gasteiger partial charge in [0.1, 0.15) is 24.9 Å². The Morgan fingerprint density at radius 1 is 1.19 bits per heavy atom. The Labute approximate surface area is 158 Å². The van der Waals surface area contributed by atoms with E-state index >= 15 is 0 Å². The van der Waals surface area contributed by atoms with Crippen LogP contribution in [0.2, 0.25) is 0 Å². The van der Waals surface area contributed by atoms with Gasteiger partial charge in [-0.15, -0.1) is 0 Å². The minimum Gasteiger partial charge on any atom is -0.462 e. The quantitative estimate of drug-likeness (QED) is 0.337. The van der Waals surface area contributed by atoms with Crippen molar-refractivity contribution < 1.29 is 38.1 Å². The van der Waals surface area contributed by atoms with Gasteiger partial charge in [-0.25, -0.2) is 0 Å². The summed E-state index contributed by atoms with van der Waals surface area (Å²) in [6.45, 7) is 5.35.